The van der Waals surface area contributed by atoms with Gasteiger partial charge in [-0.1, -0.05) is 12.8 Å². The molecule has 0 aliphatic heterocycles. The third kappa shape index (κ3) is 2.38. The molecule has 1 fully saturated rings. The van der Waals surface area contributed by atoms with E-state index in [9.17, 15) is 0 Å². The van der Waals surface area contributed by atoms with E-state index in [4.69, 9.17) is 10.8 Å². The molecular weight excluding hydrogens is 252 g/mol. The summed E-state index contributed by atoms with van der Waals surface area (Å²) in [6.07, 6.45) is 6.74. The Bertz CT molecular complexity index is 585. The lowest BCUT2D eigenvalue weighted by atomic mass is 10.0. The Hall–Kier alpha value is -1.95. The minimum absolute atomic E-state index is 0.529. The second-order valence-electron chi connectivity index (χ2n) is 5.16. The first kappa shape index (κ1) is 13.1. The fraction of sp³-hybridized carbons (Fsp3) is 0.500. The summed E-state index contributed by atoms with van der Waals surface area (Å²) in [4.78, 5) is 9.21. The van der Waals surface area contributed by atoms with E-state index in [1.165, 1.54) is 25.7 Å². The number of aryl methyl sites for hydroxylation is 1. The van der Waals surface area contributed by atoms with Gasteiger partial charge in [0.25, 0.3) is 0 Å². The molecule has 2 heterocycles. The second-order valence-corrected chi connectivity index (χ2v) is 5.16. The van der Waals surface area contributed by atoms with Gasteiger partial charge in [-0.05, 0) is 25.8 Å². The van der Waals surface area contributed by atoms with Crippen LogP contribution >= 0.6 is 0 Å². The van der Waals surface area contributed by atoms with Gasteiger partial charge in [-0.25, -0.2) is 15.8 Å². The fourth-order valence-electron chi connectivity index (χ4n) is 2.86. The number of anilines is 1. The lowest BCUT2D eigenvalue weighted by Crippen LogP contribution is -2.12. The van der Waals surface area contributed by atoms with Crippen LogP contribution in [0.5, 0.6) is 0 Å². The quantitative estimate of drug-likeness (QED) is 0.659. The highest BCUT2D eigenvalue weighted by Gasteiger charge is 2.21. The van der Waals surface area contributed by atoms with Gasteiger partial charge in [0.1, 0.15) is 11.5 Å². The number of nitrogens with one attached hydrogen (secondary N) is 1. The van der Waals surface area contributed by atoms with Crippen LogP contribution in [0.15, 0.2) is 18.3 Å². The largest absolute Gasteiger partial charge is 0.308 e. The van der Waals surface area contributed by atoms with Crippen LogP contribution in [-0.4, -0.2) is 19.7 Å². The Labute approximate surface area is 118 Å². The first-order chi connectivity index (χ1) is 9.81. The number of hydrazine groups is 1. The van der Waals surface area contributed by atoms with E-state index in [2.05, 4.69) is 22.4 Å². The fourth-order valence-corrected chi connectivity index (χ4v) is 2.86. The van der Waals surface area contributed by atoms with Crippen molar-refractivity contribution in [3.63, 3.8) is 0 Å². The maximum Gasteiger partial charge on any atom is 0.180 e. The molecule has 106 valence electrons. The summed E-state index contributed by atoms with van der Waals surface area (Å²) in [5.41, 5.74) is 4.67. The molecule has 3 N–H and O–H groups in total. The summed E-state index contributed by atoms with van der Waals surface area (Å²) < 4.78 is 1.90. The van der Waals surface area contributed by atoms with Gasteiger partial charge < -0.3 is 5.43 Å². The van der Waals surface area contributed by atoms with Gasteiger partial charge >= 0.3 is 0 Å². The monoisotopic (exact) mass is 272 g/mol. The highest BCUT2D eigenvalue weighted by molar-refractivity contribution is 5.53. The molecule has 2 aromatic rings. The van der Waals surface area contributed by atoms with Crippen LogP contribution in [0.3, 0.4) is 0 Å². The number of hydrogen-bond donors (Lipinski definition) is 2. The molecule has 0 radical (unpaired) electrons. The number of hydrogen-bond acceptors (Lipinski definition) is 5. The Kier molecular flexibility index (Phi) is 3.64. The van der Waals surface area contributed by atoms with Crippen molar-refractivity contribution in [2.75, 3.05) is 5.43 Å². The van der Waals surface area contributed by atoms with Gasteiger partial charge in [-0.2, -0.15) is 5.10 Å². The van der Waals surface area contributed by atoms with Crippen LogP contribution in [0.25, 0.3) is 11.5 Å². The van der Waals surface area contributed by atoms with E-state index in [0.29, 0.717) is 17.6 Å². The normalized spacial score (nSPS) is 15.7. The molecule has 1 aliphatic carbocycles. The summed E-state index contributed by atoms with van der Waals surface area (Å²) in [5, 5.41) is 4.28. The Morgan fingerprint density at radius 1 is 1.35 bits per heavy atom. The molecule has 3 rings (SSSR count). The highest BCUT2D eigenvalue weighted by atomic mass is 15.3. The predicted molar refractivity (Wildman–Crippen MR) is 77.9 cm³/mol. The van der Waals surface area contributed by atoms with Gasteiger partial charge in [0, 0.05) is 30.4 Å². The summed E-state index contributed by atoms with van der Waals surface area (Å²) in [6.45, 7) is 2.85. The average Bonchev–Trinajstić information content (AvgIpc) is 3.17. The van der Waals surface area contributed by atoms with Crippen molar-refractivity contribution >= 4 is 5.82 Å². The Morgan fingerprint density at radius 3 is 2.85 bits per heavy atom. The standard InChI is InChI=1S/C14H20N6/c1-2-20-12(7-8-16-20)14-17-11(9-13(18-14)19-15)10-5-3-4-6-10/h7-10H,2-6,15H2,1H3,(H,17,18,19). The smallest absolute Gasteiger partial charge is 0.180 e. The number of nitrogens with two attached hydrogens (primary N) is 1. The molecule has 2 aromatic heterocycles. The third-order valence-electron chi connectivity index (χ3n) is 3.91. The van der Waals surface area contributed by atoms with Crippen LogP contribution in [-0.2, 0) is 6.54 Å². The van der Waals surface area contributed by atoms with Crippen molar-refractivity contribution < 1.29 is 0 Å². The molecule has 0 amide bonds. The summed E-state index contributed by atoms with van der Waals surface area (Å²) in [5.74, 6) is 7.44. The lowest BCUT2D eigenvalue weighted by molar-refractivity contribution is 0.659. The van der Waals surface area contributed by atoms with Crippen molar-refractivity contribution in [1.82, 2.24) is 19.7 Å². The molecule has 6 nitrogen and oxygen atoms in total. The molecular formula is C14H20N6. The first-order valence-corrected chi connectivity index (χ1v) is 7.19. The van der Waals surface area contributed by atoms with Crippen LogP contribution in [0.2, 0.25) is 0 Å². The lowest BCUT2D eigenvalue weighted by Gasteiger charge is -2.12. The van der Waals surface area contributed by atoms with Crippen LogP contribution in [0.4, 0.5) is 5.82 Å². The first-order valence-electron chi connectivity index (χ1n) is 7.19. The minimum atomic E-state index is 0.529. The van der Waals surface area contributed by atoms with Gasteiger partial charge in [-0.15, -0.1) is 0 Å². The zero-order valence-electron chi connectivity index (χ0n) is 11.7. The molecule has 20 heavy (non-hydrogen) atoms. The van der Waals surface area contributed by atoms with E-state index in [-0.39, 0.29) is 0 Å². The van der Waals surface area contributed by atoms with E-state index < -0.39 is 0 Å². The Balaban J connectivity index is 2.03. The van der Waals surface area contributed by atoms with Gasteiger partial charge in [0.2, 0.25) is 0 Å². The van der Waals surface area contributed by atoms with Gasteiger partial charge in [0.15, 0.2) is 5.82 Å². The molecule has 0 bridgehead atoms. The van der Waals surface area contributed by atoms with Crippen LogP contribution in [0.1, 0.15) is 44.2 Å². The van der Waals surface area contributed by atoms with Gasteiger partial charge in [-0.3, -0.25) is 4.68 Å². The average molecular weight is 272 g/mol. The summed E-state index contributed by atoms with van der Waals surface area (Å²) in [7, 11) is 0. The molecule has 0 spiro atoms. The molecule has 0 atom stereocenters. The molecule has 0 saturated heterocycles. The molecule has 0 unspecified atom stereocenters. The SMILES string of the molecule is CCn1nccc1-c1nc(NN)cc(C2CCCC2)n1. The highest BCUT2D eigenvalue weighted by Crippen LogP contribution is 2.34. The summed E-state index contributed by atoms with van der Waals surface area (Å²) in [6, 6.07) is 3.91. The molecule has 6 heteroatoms. The van der Waals surface area contributed by atoms with E-state index in [1.807, 2.05) is 16.8 Å². The number of aromatic nitrogens is 4. The van der Waals surface area contributed by atoms with Crippen LogP contribution in [0, 0.1) is 0 Å². The van der Waals surface area contributed by atoms with E-state index in [0.717, 1.165) is 17.9 Å². The summed E-state index contributed by atoms with van der Waals surface area (Å²) >= 11 is 0. The maximum atomic E-state index is 5.55. The zero-order chi connectivity index (χ0) is 13.9. The molecule has 1 saturated carbocycles. The van der Waals surface area contributed by atoms with Crippen molar-refractivity contribution in [1.29, 1.82) is 0 Å². The van der Waals surface area contributed by atoms with Gasteiger partial charge in [0.05, 0.1) is 0 Å². The maximum absolute atomic E-state index is 5.55. The molecule has 0 aromatic carbocycles. The van der Waals surface area contributed by atoms with Crippen molar-refractivity contribution in [2.24, 2.45) is 5.84 Å². The van der Waals surface area contributed by atoms with Crippen molar-refractivity contribution in [3.05, 3.63) is 24.0 Å². The Morgan fingerprint density at radius 2 is 2.15 bits per heavy atom. The minimum Gasteiger partial charge on any atom is -0.308 e. The van der Waals surface area contributed by atoms with E-state index >= 15 is 0 Å². The third-order valence-corrected chi connectivity index (χ3v) is 3.91. The number of nitrogen functional groups attached to an aromatic ring is 1. The second kappa shape index (κ2) is 5.58. The molecule has 1 aliphatic rings. The van der Waals surface area contributed by atoms with E-state index in [1.54, 1.807) is 6.20 Å². The topological polar surface area (TPSA) is 81.7 Å². The van der Waals surface area contributed by atoms with Crippen LogP contribution < -0.4 is 11.3 Å². The predicted octanol–water partition coefficient (Wildman–Crippen LogP) is 2.30. The number of nitrogens with zero attached hydrogens (tertiary/aromatic N) is 4. The van der Waals surface area contributed by atoms with Crippen molar-refractivity contribution in [2.45, 2.75) is 45.1 Å². The van der Waals surface area contributed by atoms with Crippen molar-refractivity contribution in [3.8, 4) is 11.5 Å². The zero-order valence-corrected chi connectivity index (χ0v) is 11.7. The number of rotatable bonds is 4.